The molecule has 7 heteroatoms. The fourth-order valence-corrected chi connectivity index (χ4v) is 5.02. The molecule has 2 atom stereocenters. The van der Waals surface area contributed by atoms with Gasteiger partial charge in [0.05, 0.1) is 5.75 Å². The molecule has 30 heavy (non-hydrogen) atoms. The molecule has 2 aromatic carbocycles. The highest BCUT2D eigenvalue weighted by Gasteiger charge is 2.29. The number of rotatable bonds is 5. The monoisotopic (exact) mass is 440 g/mol. The number of carbonyl (C=O) groups excluding carboxylic acids is 1. The lowest BCUT2D eigenvalue weighted by atomic mass is 9.98. The number of benzene rings is 2. The largest absolute Gasteiger partial charge is 0.337 e. The molecule has 2 heterocycles. The van der Waals surface area contributed by atoms with Crippen molar-refractivity contribution in [2.45, 2.75) is 50.4 Å². The Morgan fingerprint density at radius 2 is 1.70 bits per heavy atom. The highest BCUT2D eigenvalue weighted by Crippen LogP contribution is 2.30. The number of hydrogen-bond acceptors (Lipinski definition) is 4. The normalized spacial score (nSPS) is 19.1. The summed E-state index contributed by atoms with van der Waals surface area (Å²) in [4.78, 5) is 15.0. The van der Waals surface area contributed by atoms with Crippen molar-refractivity contribution in [2.24, 2.45) is 0 Å². The van der Waals surface area contributed by atoms with Gasteiger partial charge in [0.25, 0.3) is 0 Å². The predicted molar refractivity (Wildman–Crippen MR) is 122 cm³/mol. The summed E-state index contributed by atoms with van der Waals surface area (Å²) >= 11 is 7.49. The lowest BCUT2D eigenvalue weighted by molar-refractivity contribution is -0.134. The van der Waals surface area contributed by atoms with E-state index in [1.807, 2.05) is 64.1 Å². The number of likely N-dealkylation sites (tertiary alicyclic amines) is 1. The number of hydrogen-bond donors (Lipinski definition) is 0. The molecule has 1 fully saturated rings. The fourth-order valence-electron chi connectivity index (χ4n) is 4.07. The number of halogens is 1. The average molecular weight is 441 g/mol. The highest BCUT2D eigenvalue weighted by atomic mass is 35.5. The van der Waals surface area contributed by atoms with Gasteiger partial charge in [-0.25, -0.2) is 0 Å². The molecule has 0 aliphatic carbocycles. The first-order chi connectivity index (χ1) is 14.5. The molecule has 0 saturated carbocycles. The molecule has 0 bridgehead atoms. The molecule has 3 aromatic rings. The van der Waals surface area contributed by atoms with E-state index in [2.05, 4.69) is 24.0 Å². The van der Waals surface area contributed by atoms with Crippen LogP contribution < -0.4 is 0 Å². The second kappa shape index (κ2) is 9.23. The molecular formula is C23H25ClN4OS. The van der Waals surface area contributed by atoms with Crippen molar-refractivity contribution in [1.29, 1.82) is 0 Å². The second-order valence-electron chi connectivity index (χ2n) is 7.70. The zero-order chi connectivity index (χ0) is 21.1. The van der Waals surface area contributed by atoms with Crippen LogP contribution in [-0.2, 0) is 4.79 Å². The van der Waals surface area contributed by atoms with Crippen LogP contribution in [0.25, 0.3) is 17.1 Å². The minimum Gasteiger partial charge on any atom is -0.337 e. The van der Waals surface area contributed by atoms with Gasteiger partial charge in [0.15, 0.2) is 11.0 Å². The fraction of sp³-hybridized carbons (Fsp3) is 0.348. The summed E-state index contributed by atoms with van der Waals surface area (Å²) in [5.41, 5.74) is 1.88. The minimum absolute atomic E-state index is 0.162. The molecule has 0 radical (unpaired) electrons. The zero-order valence-corrected chi connectivity index (χ0v) is 18.7. The van der Waals surface area contributed by atoms with Crippen LogP contribution in [0.2, 0.25) is 5.02 Å². The summed E-state index contributed by atoms with van der Waals surface area (Å²) in [5, 5.41) is 10.2. The maximum Gasteiger partial charge on any atom is 0.233 e. The van der Waals surface area contributed by atoms with Gasteiger partial charge in [-0.3, -0.25) is 9.36 Å². The molecule has 0 spiro atoms. The maximum absolute atomic E-state index is 13.0. The van der Waals surface area contributed by atoms with Crippen molar-refractivity contribution in [3.05, 3.63) is 59.6 Å². The summed E-state index contributed by atoms with van der Waals surface area (Å²) in [6, 6.07) is 18.1. The Hall–Kier alpha value is -2.31. The standard InChI is InChI=1S/C23H25ClN4OS/c1-16-7-6-8-17(2)27(16)21(29)15-30-23-26-25-22(18-11-13-19(24)14-12-18)28(23)20-9-4-3-5-10-20/h3-5,9-14,16-17H,6-8,15H2,1-2H3/t16-,17+. The van der Waals surface area contributed by atoms with E-state index in [0.717, 1.165) is 29.9 Å². The van der Waals surface area contributed by atoms with Crippen LogP contribution in [0.4, 0.5) is 0 Å². The van der Waals surface area contributed by atoms with Gasteiger partial charge >= 0.3 is 0 Å². The third-order valence-electron chi connectivity index (χ3n) is 5.56. The number of nitrogens with zero attached hydrogens (tertiary/aromatic N) is 4. The van der Waals surface area contributed by atoms with Crippen LogP contribution in [0.5, 0.6) is 0 Å². The Morgan fingerprint density at radius 3 is 2.37 bits per heavy atom. The first kappa shape index (κ1) is 20.9. The van der Waals surface area contributed by atoms with E-state index >= 15 is 0 Å². The molecule has 1 aliphatic heterocycles. The van der Waals surface area contributed by atoms with Crippen LogP contribution in [0, 0.1) is 0 Å². The van der Waals surface area contributed by atoms with Gasteiger partial charge in [-0.2, -0.15) is 0 Å². The minimum atomic E-state index is 0.162. The number of thioether (sulfide) groups is 1. The smallest absolute Gasteiger partial charge is 0.233 e. The van der Waals surface area contributed by atoms with E-state index in [1.54, 1.807) is 0 Å². The molecule has 1 aromatic heterocycles. The van der Waals surface area contributed by atoms with Gasteiger partial charge in [0.2, 0.25) is 5.91 Å². The summed E-state index contributed by atoms with van der Waals surface area (Å²) < 4.78 is 2.00. The summed E-state index contributed by atoms with van der Waals surface area (Å²) in [6.45, 7) is 4.28. The summed E-state index contributed by atoms with van der Waals surface area (Å²) in [6.07, 6.45) is 3.33. The zero-order valence-electron chi connectivity index (χ0n) is 17.2. The van der Waals surface area contributed by atoms with E-state index in [9.17, 15) is 4.79 Å². The molecule has 1 aliphatic rings. The summed E-state index contributed by atoms with van der Waals surface area (Å²) in [5.74, 6) is 1.24. The van der Waals surface area contributed by atoms with Gasteiger partial charge in [0, 0.05) is 28.4 Å². The van der Waals surface area contributed by atoms with Gasteiger partial charge < -0.3 is 4.90 Å². The number of amides is 1. The molecule has 1 saturated heterocycles. The SMILES string of the molecule is C[C@@H]1CCC[C@H](C)N1C(=O)CSc1nnc(-c2ccc(Cl)cc2)n1-c1ccccc1. The lowest BCUT2D eigenvalue weighted by Crippen LogP contribution is -2.48. The number of para-hydroxylation sites is 1. The van der Waals surface area contributed by atoms with Crippen LogP contribution in [0.1, 0.15) is 33.1 Å². The Bertz CT molecular complexity index is 996. The Labute approximate surface area is 186 Å². The molecule has 0 N–H and O–H groups in total. The Balaban J connectivity index is 1.62. The topological polar surface area (TPSA) is 51.0 Å². The van der Waals surface area contributed by atoms with Crippen molar-refractivity contribution in [3.63, 3.8) is 0 Å². The van der Waals surface area contributed by atoms with E-state index in [4.69, 9.17) is 11.6 Å². The molecule has 0 unspecified atom stereocenters. The van der Waals surface area contributed by atoms with Crippen LogP contribution in [0.3, 0.4) is 0 Å². The van der Waals surface area contributed by atoms with Crippen molar-refractivity contribution in [3.8, 4) is 17.1 Å². The number of carbonyl (C=O) groups is 1. The van der Waals surface area contributed by atoms with Crippen LogP contribution >= 0.6 is 23.4 Å². The van der Waals surface area contributed by atoms with Gasteiger partial charge in [-0.15, -0.1) is 10.2 Å². The van der Waals surface area contributed by atoms with Crippen molar-refractivity contribution in [1.82, 2.24) is 19.7 Å². The molecule has 4 rings (SSSR count). The van der Waals surface area contributed by atoms with E-state index in [1.165, 1.54) is 18.2 Å². The maximum atomic E-state index is 13.0. The van der Waals surface area contributed by atoms with Crippen molar-refractivity contribution >= 4 is 29.3 Å². The molecule has 156 valence electrons. The third kappa shape index (κ3) is 4.40. The number of piperidine rings is 1. The Morgan fingerprint density at radius 1 is 1.03 bits per heavy atom. The highest BCUT2D eigenvalue weighted by molar-refractivity contribution is 7.99. The first-order valence-corrected chi connectivity index (χ1v) is 11.6. The summed E-state index contributed by atoms with van der Waals surface area (Å²) in [7, 11) is 0. The van der Waals surface area contributed by atoms with Gasteiger partial charge in [-0.1, -0.05) is 41.6 Å². The first-order valence-electron chi connectivity index (χ1n) is 10.3. The van der Waals surface area contributed by atoms with Crippen molar-refractivity contribution < 1.29 is 4.79 Å². The van der Waals surface area contributed by atoms with Crippen LogP contribution in [-0.4, -0.2) is 43.4 Å². The van der Waals surface area contributed by atoms with E-state index < -0.39 is 0 Å². The van der Waals surface area contributed by atoms with E-state index in [0.29, 0.717) is 28.0 Å². The second-order valence-corrected chi connectivity index (χ2v) is 9.08. The number of aromatic nitrogens is 3. The van der Waals surface area contributed by atoms with E-state index in [-0.39, 0.29) is 5.91 Å². The average Bonchev–Trinajstić information content (AvgIpc) is 3.17. The molecule has 5 nitrogen and oxygen atoms in total. The van der Waals surface area contributed by atoms with Crippen molar-refractivity contribution in [2.75, 3.05) is 5.75 Å². The third-order valence-corrected chi connectivity index (χ3v) is 6.72. The van der Waals surface area contributed by atoms with Gasteiger partial charge in [-0.05, 0) is 69.5 Å². The van der Waals surface area contributed by atoms with Gasteiger partial charge in [0.1, 0.15) is 0 Å². The molecule has 1 amide bonds. The molecular weight excluding hydrogens is 416 g/mol. The predicted octanol–water partition coefficient (Wildman–Crippen LogP) is 5.47. The Kier molecular flexibility index (Phi) is 6.44. The quantitative estimate of drug-likeness (QED) is 0.493. The lowest BCUT2D eigenvalue weighted by Gasteiger charge is -2.39. The van der Waals surface area contributed by atoms with Crippen LogP contribution in [0.15, 0.2) is 59.8 Å².